The first kappa shape index (κ1) is 25.3. The maximum absolute atomic E-state index is 13.2. The minimum absolute atomic E-state index is 0. The van der Waals surface area contributed by atoms with Crippen LogP contribution in [-0.4, -0.2) is 40.5 Å². The van der Waals surface area contributed by atoms with Gasteiger partial charge in [-0.25, -0.2) is 9.97 Å². The highest BCUT2D eigenvalue weighted by Crippen LogP contribution is 2.34. The van der Waals surface area contributed by atoms with E-state index in [1.165, 1.54) is 6.20 Å². The van der Waals surface area contributed by atoms with Crippen LogP contribution in [0.5, 0.6) is 5.75 Å². The molecule has 5 N–H and O–H groups in total. The van der Waals surface area contributed by atoms with Crippen molar-refractivity contribution in [3.8, 4) is 5.75 Å². The topological polar surface area (TPSA) is 157 Å². The fourth-order valence-electron chi connectivity index (χ4n) is 4.08. The van der Waals surface area contributed by atoms with Gasteiger partial charge in [0, 0.05) is 37.5 Å². The van der Waals surface area contributed by atoms with Crippen molar-refractivity contribution < 1.29 is 25.2 Å². The number of carbonyl (C=O) groups excluding carboxylic acids is 1. The first-order valence-corrected chi connectivity index (χ1v) is 10.8. The van der Waals surface area contributed by atoms with Crippen LogP contribution in [0.3, 0.4) is 0 Å². The fraction of sp³-hybridized carbons (Fsp3) is 0.200. The van der Waals surface area contributed by atoms with E-state index >= 15 is 0 Å². The van der Waals surface area contributed by atoms with E-state index in [1.54, 1.807) is 42.5 Å². The van der Waals surface area contributed by atoms with Gasteiger partial charge in [0.25, 0.3) is 5.91 Å². The number of amides is 1. The van der Waals surface area contributed by atoms with E-state index < -0.39 is 0 Å². The lowest BCUT2D eigenvalue weighted by Gasteiger charge is -2.19. The number of benzene rings is 1. The fourth-order valence-corrected chi connectivity index (χ4v) is 4.08. The third-order valence-corrected chi connectivity index (χ3v) is 6.00. The number of anilines is 3. The van der Waals surface area contributed by atoms with Gasteiger partial charge in [0.1, 0.15) is 11.6 Å². The van der Waals surface area contributed by atoms with E-state index in [9.17, 15) is 10.0 Å². The Morgan fingerprint density at radius 2 is 1.91 bits per heavy atom. The van der Waals surface area contributed by atoms with Crippen molar-refractivity contribution in [1.29, 1.82) is 0 Å². The minimum atomic E-state index is -0.150. The molecule has 182 valence electrons. The summed E-state index contributed by atoms with van der Waals surface area (Å²) < 4.78 is 6.98. The third kappa shape index (κ3) is 4.57. The number of ether oxygens (including phenoxy) is 1. The smallest absolute Gasteiger partial charge is 0.261 e. The molecule has 4 heterocycles. The number of hydrogen-bond donors (Lipinski definition) is 1. The minimum Gasteiger partial charge on any atom is -0.618 e. The quantitative estimate of drug-likeness (QED) is 0.344. The molecule has 1 atom stereocenters. The molecule has 1 aromatic carbocycles. The molecule has 35 heavy (non-hydrogen) atoms. The zero-order valence-corrected chi connectivity index (χ0v) is 19.4. The van der Waals surface area contributed by atoms with Crippen molar-refractivity contribution in [2.24, 2.45) is 0 Å². The normalized spacial score (nSPS) is 12.9. The van der Waals surface area contributed by atoms with Crippen LogP contribution < -0.4 is 19.7 Å². The van der Waals surface area contributed by atoms with Gasteiger partial charge in [-0.1, -0.05) is 19.1 Å². The molecule has 1 aliphatic rings. The summed E-state index contributed by atoms with van der Waals surface area (Å²) in [6.07, 6.45) is 5.70. The van der Waals surface area contributed by atoms with Gasteiger partial charge in [0.2, 0.25) is 5.52 Å². The van der Waals surface area contributed by atoms with Crippen LogP contribution in [0.2, 0.25) is 0 Å². The molecule has 5 rings (SSSR count). The van der Waals surface area contributed by atoms with Gasteiger partial charge < -0.3 is 31.1 Å². The number of aromatic nitrogens is 3. The van der Waals surface area contributed by atoms with Crippen molar-refractivity contribution in [3.05, 3.63) is 83.5 Å². The average Bonchev–Trinajstić information content (AvgIpc) is 2.95. The Bertz CT molecular complexity index is 1360. The average molecular weight is 478 g/mol. The number of carbonyl (C=O) groups is 1. The zero-order chi connectivity index (χ0) is 22.9. The first-order chi connectivity index (χ1) is 16.1. The highest BCUT2D eigenvalue weighted by Gasteiger charge is 2.27. The summed E-state index contributed by atoms with van der Waals surface area (Å²) in [6, 6.07) is 14.6. The van der Waals surface area contributed by atoms with Crippen molar-refractivity contribution in [3.63, 3.8) is 0 Å². The van der Waals surface area contributed by atoms with Gasteiger partial charge >= 0.3 is 0 Å². The molecule has 4 aromatic rings. The summed E-state index contributed by atoms with van der Waals surface area (Å²) >= 11 is 0. The molecule has 0 aliphatic carbocycles. The van der Waals surface area contributed by atoms with Crippen LogP contribution in [0.4, 0.5) is 17.3 Å². The Balaban J connectivity index is 0.00000171. The number of para-hydroxylation sites is 1. The molecule has 10 heteroatoms. The van der Waals surface area contributed by atoms with E-state index in [0.717, 1.165) is 22.1 Å². The lowest BCUT2D eigenvalue weighted by molar-refractivity contribution is -0.577. The van der Waals surface area contributed by atoms with Crippen LogP contribution in [-0.2, 0) is 0 Å². The van der Waals surface area contributed by atoms with Gasteiger partial charge in [-0.2, -0.15) is 4.73 Å². The summed E-state index contributed by atoms with van der Waals surface area (Å²) in [4.78, 5) is 23.6. The second kappa shape index (κ2) is 10.3. The Morgan fingerprint density at radius 1 is 1.11 bits per heavy atom. The molecule has 1 amide bonds. The predicted octanol–water partition coefficient (Wildman–Crippen LogP) is 2.52. The maximum Gasteiger partial charge on any atom is 0.261 e. The summed E-state index contributed by atoms with van der Waals surface area (Å²) in [5, 5.41) is 16.0. The highest BCUT2D eigenvalue weighted by atomic mass is 16.5. The van der Waals surface area contributed by atoms with Gasteiger partial charge in [0.05, 0.1) is 23.2 Å². The van der Waals surface area contributed by atoms with Crippen LogP contribution in [0.15, 0.2) is 67.1 Å². The van der Waals surface area contributed by atoms with E-state index in [4.69, 9.17) is 4.74 Å². The summed E-state index contributed by atoms with van der Waals surface area (Å²) in [5.41, 5.74) is 2.66. The van der Waals surface area contributed by atoms with E-state index in [2.05, 4.69) is 22.2 Å². The van der Waals surface area contributed by atoms with Gasteiger partial charge in [-0.15, -0.1) is 0 Å². The molecule has 0 spiro atoms. The number of nitrogens with zero attached hydrogens (tertiary/aromatic N) is 4. The van der Waals surface area contributed by atoms with Gasteiger partial charge in [-0.05, 0) is 36.2 Å². The monoisotopic (exact) mass is 477 g/mol. The Kier molecular flexibility index (Phi) is 7.48. The van der Waals surface area contributed by atoms with Crippen LogP contribution in [0.25, 0.3) is 10.9 Å². The Labute approximate surface area is 202 Å². The SMILES string of the molecule is CCC(COc1cc[n+]([O-])c2ccccc12)c1cnc2c(c1)C(=O)N(C)c1cccnc1N2.O.O. The van der Waals surface area contributed by atoms with Crippen molar-refractivity contribution in [1.82, 2.24) is 9.97 Å². The van der Waals surface area contributed by atoms with Crippen molar-refractivity contribution >= 4 is 34.1 Å². The van der Waals surface area contributed by atoms with E-state index in [1.807, 2.05) is 30.3 Å². The third-order valence-electron chi connectivity index (χ3n) is 6.00. The molecule has 0 bridgehead atoms. The lowest BCUT2D eigenvalue weighted by atomic mass is 9.97. The van der Waals surface area contributed by atoms with E-state index in [-0.39, 0.29) is 22.8 Å². The van der Waals surface area contributed by atoms with Crippen LogP contribution in [0.1, 0.15) is 35.2 Å². The number of hydrogen-bond acceptors (Lipinski definition) is 6. The zero-order valence-electron chi connectivity index (χ0n) is 19.4. The molecule has 0 saturated heterocycles. The number of pyridine rings is 3. The number of rotatable bonds is 5. The molecule has 1 unspecified atom stereocenters. The highest BCUT2D eigenvalue weighted by molar-refractivity contribution is 6.12. The van der Waals surface area contributed by atoms with Gasteiger partial charge in [-0.3, -0.25) is 4.79 Å². The van der Waals surface area contributed by atoms with Gasteiger partial charge in [0.15, 0.2) is 12.0 Å². The molecular formula is C25H27N5O5. The first-order valence-electron chi connectivity index (χ1n) is 10.8. The molecule has 10 nitrogen and oxygen atoms in total. The lowest BCUT2D eigenvalue weighted by Crippen LogP contribution is -2.26. The molecule has 0 radical (unpaired) electrons. The summed E-state index contributed by atoms with van der Waals surface area (Å²) in [6.45, 7) is 2.46. The second-order valence-corrected chi connectivity index (χ2v) is 7.96. The van der Waals surface area contributed by atoms with Crippen molar-refractivity contribution in [2.75, 3.05) is 23.9 Å². The molecule has 0 saturated carbocycles. The number of nitrogens with one attached hydrogen (secondary N) is 1. The van der Waals surface area contributed by atoms with Crippen LogP contribution in [0, 0.1) is 5.21 Å². The maximum atomic E-state index is 13.2. The number of fused-ring (bicyclic) bond motifs is 3. The molecule has 1 aliphatic heterocycles. The Morgan fingerprint density at radius 3 is 2.71 bits per heavy atom. The molecular weight excluding hydrogens is 450 g/mol. The predicted molar refractivity (Wildman–Crippen MR) is 133 cm³/mol. The largest absolute Gasteiger partial charge is 0.618 e. The van der Waals surface area contributed by atoms with Crippen LogP contribution >= 0.6 is 0 Å². The molecule has 3 aromatic heterocycles. The summed E-state index contributed by atoms with van der Waals surface area (Å²) in [5.74, 6) is 1.59. The standard InChI is InChI=1S/C25H23N5O3.2H2O/c1-3-16(15-33-22-10-12-30(32)20-8-5-4-7-18(20)22)17-13-19-23(27-14-17)28-24-21(9-6-11-26-24)29(2)25(19)31;;/h4-14,16H,3,15H2,1-2H3,(H,26,27,28);2*1H2. The van der Waals surface area contributed by atoms with Crippen molar-refractivity contribution in [2.45, 2.75) is 19.3 Å². The molecule has 0 fully saturated rings. The van der Waals surface area contributed by atoms with E-state index in [0.29, 0.717) is 40.8 Å². The second-order valence-electron chi connectivity index (χ2n) is 7.96. The summed E-state index contributed by atoms with van der Waals surface area (Å²) in [7, 11) is 1.73. The Hall–Kier alpha value is -4.28.